The Hall–Kier alpha value is -1.53. The van der Waals surface area contributed by atoms with Crippen LogP contribution in [0.15, 0.2) is 29.2 Å². The van der Waals surface area contributed by atoms with Gasteiger partial charge in [0.15, 0.2) is 0 Å². The molecule has 0 aromatic heterocycles. The van der Waals surface area contributed by atoms with E-state index in [1.54, 1.807) is 11.8 Å². The van der Waals surface area contributed by atoms with E-state index in [4.69, 9.17) is 9.84 Å². The first-order chi connectivity index (χ1) is 11.1. The molecule has 2 N–H and O–H groups in total. The molecule has 6 heteroatoms. The molecule has 0 radical (unpaired) electrons. The molecule has 4 unspecified atom stereocenters. The fourth-order valence-electron chi connectivity index (χ4n) is 3.46. The molecule has 2 aliphatic rings. The van der Waals surface area contributed by atoms with Crippen LogP contribution in [0.3, 0.4) is 0 Å². The second kappa shape index (κ2) is 6.93. The summed E-state index contributed by atoms with van der Waals surface area (Å²) in [5.41, 5.74) is 0.822. The third kappa shape index (κ3) is 3.70. The van der Waals surface area contributed by atoms with E-state index in [9.17, 15) is 9.59 Å². The molecule has 2 bridgehead atoms. The average Bonchev–Trinajstić information content (AvgIpc) is 3.17. The molecule has 0 aliphatic carbocycles. The molecular weight excluding hydrogens is 314 g/mol. The van der Waals surface area contributed by atoms with Crippen LogP contribution in [0.5, 0.6) is 0 Å². The first-order valence-corrected chi connectivity index (χ1v) is 9.11. The van der Waals surface area contributed by atoms with Crippen molar-refractivity contribution in [2.45, 2.75) is 48.8 Å². The summed E-state index contributed by atoms with van der Waals surface area (Å²) in [5, 5.41) is 12.1. The summed E-state index contributed by atoms with van der Waals surface area (Å²) in [6.45, 7) is 0. The molecule has 5 nitrogen and oxygen atoms in total. The Morgan fingerprint density at radius 1 is 1.35 bits per heavy atom. The molecule has 4 atom stereocenters. The van der Waals surface area contributed by atoms with Gasteiger partial charge in [0.2, 0.25) is 5.91 Å². The lowest BCUT2D eigenvalue weighted by atomic mass is 9.88. The zero-order valence-electron chi connectivity index (χ0n) is 13.0. The third-order valence-corrected chi connectivity index (χ3v) is 5.40. The van der Waals surface area contributed by atoms with Gasteiger partial charge in [0.1, 0.15) is 0 Å². The molecule has 23 heavy (non-hydrogen) atoms. The number of ether oxygens (including phenoxy) is 1. The number of rotatable bonds is 6. The van der Waals surface area contributed by atoms with Crippen LogP contribution in [-0.2, 0) is 14.3 Å². The highest BCUT2D eigenvalue weighted by atomic mass is 32.2. The van der Waals surface area contributed by atoms with Gasteiger partial charge in [-0.2, -0.15) is 0 Å². The Bertz CT molecular complexity index is 589. The van der Waals surface area contributed by atoms with Gasteiger partial charge in [0.05, 0.1) is 30.6 Å². The molecule has 3 rings (SSSR count). The smallest absolute Gasteiger partial charge is 0.305 e. The number of carbonyl (C=O) groups excluding carboxylic acids is 1. The number of fused-ring (bicyclic) bond motifs is 2. The highest BCUT2D eigenvalue weighted by Gasteiger charge is 2.44. The van der Waals surface area contributed by atoms with Gasteiger partial charge in [0, 0.05) is 4.90 Å². The zero-order chi connectivity index (χ0) is 16.4. The third-order valence-electron chi connectivity index (χ3n) is 4.66. The molecule has 2 fully saturated rings. The number of benzene rings is 1. The van der Waals surface area contributed by atoms with Crippen molar-refractivity contribution in [3.63, 3.8) is 0 Å². The second-order valence-electron chi connectivity index (χ2n) is 6.15. The highest BCUT2D eigenvalue weighted by Crippen LogP contribution is 2.39. The standard InChI is InChI=1S/C17H21NO4S/c1-23-12-5-2-10(3-6-12)14(9-16(19)20)18-17(21)13-8-11-4-7-15(13)22-11/h2-3,5-6,11,13-15H,4,7-9H2,1H3,(H,18,21)(H,19,20). The van der Waals surface area contributed by atoms with Crippen molar-refractivity contribution < 1.29 is 19.4 Å². The molecule has 2 saturated heterocycles. The van der Waals surface area contributed by atoms with E-state index in [-0.39, 0.29) is 30.5 Å². The van der Waals surface area contributed by atoms with Crippen molar-refractivity contribution in [2.24, 2.45) is 5.92 Å². The fraction of sp³-hybridized carbons (Fsp3) is 0.529. The van der Waals surface area contributed by atoms with E-state index in [1.165, 1.54) is 0 Å². The number of amides is 1. The van der Waals surface area contributed by atoms with Gasteiger partial charge in [-0.05, 0) is 43.2 Å². The topological polar surface area (TPSA) is 75.6 Å². The van der Waals surface area contributed by atoms with Crippen LogP contribution in [0.2, 0.25) is 0 Å². The number of hydrogen-bond donors (Lipinski definition) is 2. The van der Waals surface area contributed by atoms with Gasteiger partial charge >= 0.3 is 5.97 Å². The van der Waals surface area contributed by atoms with Crippen molar-refractivity contribution in [1.29, 1.82) is 0 Å². The summed E-state index contributed by atoms with van der Waals surface area (Å²) in [6.07, 6.45) is 4.78. The lowest BCUT2D eigenvalue weighted by Crippen LogP contribution is -2.38. The summed E-state index contributed by atoms with van der Waals surface area (Å²) >= 11 is 1.63. The Labute approximate surface area is 139 Å². The monoisotopic (exact) mass is 335 g/mol. The molecule has 124 valence electrons. The Morgan fingerprint density at radius 2 is 2.09 bits per heavy atom. The van der Waals surface area contributed by atoms with Crippen LogP contribution in [0, 0.1) is 5.92 Å². The van der Waals surface area contributed by atoms with E-state index in [0.717, 1.165) is 29.7 Å². The van der Waals surface area contributed by atoms with Crippen molar-refractivity contribution in [3.05, 3.63) is 29.8 Å². The quantitative estimate of drug-likeness (QED) is 0.782. The van der Waals surface area contributed by atoms with Crippen LogP contribution in [0.4, 0.5) is 0 Å². The van der Waals surface area contributed by atoms with Crippen molar-refractivity contribution >= 4 is 23.6 Å². The minimum absolute atomic E-state index is 0.00402. The largest absolute Gasteiger partial charge is 0.481 e. The average molecular weight is 335 g/mol. The lowest BCUT2D eigenvalue weighted by molar-refractivity contribution is -0.138. The van der Waals surface area contributed by atoms with Crippen LogP contribution in [0.1, 0.15) is 37.3 Å². The Morgan fingerprint density at radius 3 is 2.61 bits per heavy atom. The summed E-state index contributed by atoms with van der Waals surface area (Å²) < 4.78 is 5.72. The van der Waals surface area contributed by atoms with E-state index >= 15 is 0 Å². The number of thioether (sulfide) groups is 1. The first kappa shape index (κ1) is 16.3. The molecule has 0 spiro atoms. The number of nitrogens with one attached hydrogen (secondary N) is 1. The zero-order valence-corrected chi connectivity index (χ0v) is 13.8. The van der Waals surface area contributed by atoms with Crippen LogP contribution in [0.25, 0.3) is 0 Å². The summed E-state index contributed by atoms with van der Waals surface area (Å²) in [4.78, 5) is 24.8. The number of carbonyl (C=O) groups is 2. The van der Waals surface area contributed by atoms with Crippen molar-refractivity contribution in [3.8, 4) is 0 Å². The van der Waals surface area contributed by atoms with Gasteiger partial charge in [-0.25, -0.2) is 0 Å². The number of carboxylic acids is 1. The lowest BCUT2D eigenvalue weighted by Gasteiger charge is -2.23. The maximum absolute atomic E-state index is 12.5. The second-order valence-corrected chi connectivity index (χ2v) is 7.03. The first-order valence-electron chi connectivity index (χ1n) is 7.88. The number of aliphatic carboxylic acids is 1. The Balaban J connectivity index is 1.70. The Kier molecular flexibility index (Phi) is 4.92. The van der Waals surface area contributed by atoms with Crippen LogP contribution >= 0.6 is 11.8 Å². The summed E-state index contributed by atoms with van der Waals surface area (Å²) in [5.74, 6) is -1.15. The maximum Gasteiger partial charge on any atom is 0.305 e. The molecule has 2 heterocycles. The van der Waals surface area contributed by atoms with Crippen molar-refractivity contribution in [2.75, 3.05) is 6.26 Å². The van der Waals surface area contributed by atoms with Crippen molar-refractivity contribution in [1.82, 2.24) is 5.32 Å². The normalized spacial score (nSPS) is 26.9. The summed E-state index contributed by atoms with van der Waals surface area (Å²) in [7, 11) is 0. The van der Waals surface area contributed by atoms with E-state index in [0.29, 0.717) is 0 Å². The van der Waals surface area contributed by atoms with Crippen LogP contribution < -0.4 is 5.32 Å². The van der Waals surface area contributed by atoms with Gasteiger partial charge in [-0.15, -0.1) is 11.8 Å². The molecule has 1 amide bonds. The van der Waals surface area contributed by atoms with Gasteiger partial charge < -0.3 is 15.2 Å². The van der Waals surface area contributed by atoms with Gasteiger partial charge in [-0.1, -0.05) is 12.1 Å². The predicted molar refractivity (Wildman–Crippen MR) is 87.4 cm³/mol. The minimum atomic E-state index is -0.923. The van der Waals surface area contributed by atoms with E-state index in [1.807, 2.05) is 30.5 Å². The SMILES string of the molecule is CSc1ccc(C(CC(=O)O)NC(=O)C2CC3CCC2O3)cc1. The molecular formula is C17H21NO4S. The molecule has 0 saturated carbocycles. The van der Waals surface area contributed by atoms with E-state index < -0.39 is 12.0 Å². The maximum atomic E-state index is 12.5. The van der Waals surface area contributed by atoms with Gasteiger partial charge in [0.25, 0.3) is 0 Å². The fourth-order valence-corrected chi connectivity index (χ4v) is 3.86. The molecule has 1 aromatic rings. The van der Waals surface area contributed by atoms with Crippen LogP contribution in [-0.4, -0.2) is 35.4 Å². The highest BCUT2D eigenvalue weighted by molar-refractivity contribution is 7.98. The number of hydrogen-bond acceptors (Lipinski definition) is 4. The molecule has 1 aromatic carbocycles. The minimum Gasteiger partial charge on any atom is -0.481 e. The molecule has 2 aliphatic heterocycles. The van der Waals surface area contributed by atoms with Gasteiger partial charge in [-0.3, -0.25) is 9.59 Å². The predicted octanol–water partition coefficient (Wildman–Crippen LogP) is 2.61. The summed E-state index contributed by atoms with van der Waals surface area (Å²) in [6, 6.07) is 7.16. The number of carboxylic acid groups (broad SMARTS) is 1. The van der Waals surface area contributed by atoms with E-state index in [2.05, 4.69) is 5.32 Å².